The lowest BCUT2D eigenvalue weighted by Gasteiger charge is -2.49. The minimum atomic E-state index is -1.81. The smallest absolute Gasteiger partial charge is 0.311 e. The highest BCUT2D eigenvalue weighted by atomic mass is 16.7. The predicted octanol–water partition coefficient (Wildman–Crippen LogP) is 3.23. The first-order valence-electron chi connectivity index (χ1n) is 23.3. The molecule has 0 aromatic carbocycles. The van der Waals surface area contributed by atoms with Crippen molar-refractivity contribution >= 4 is 11.9 Å². The second-order valence-electron chi connectivity index (χ2n) is 20.3. The van der Waals surface area contributed by atoms with E-state index in [1.165, 1.54) is 6.92 Å². The van der Waals surface area contributed by atoms with Crippen LogP contribution in [0.25, 0.3) is 0 Å². The summed E-state index contributed by atoms with van der Waals surface area (Å²) in [5.41, 5.74) is -4.27. The molecule has 0 aromatic heterocycles. The molecule has 3 heterocycles. The number of aliphatic hydroxyl groups is 4. The number of hydrogen-bond donors (Lipinski definition) is 5. The highest BCUT2D eigenvalue weighted by Gasteiger charge is 2.53. The van der Waals surface area contributed by atoms with Gasteiger partial charge in [0.15, 0.2) is 12.6 Å². The van der Waals surface area contributed by atoms with Gasteiger partial charge in [-0.15, -0.1) is 0 Å². The summed E-state index contributed by atoms with van der Waals surface area (Å²) < 4.78 is 45.2. The molecule has 16 heteroatoms. The van der Waals surface area contributed by atoms with E-state index < -0.39 is 96.0 Å². The van der Waals surface area contributed by atoms with Gasteiger partial charge in [0, 0.05) is 57.1 Å². The largest absolute Gasteiger partial charge is 0.459 e. The molecule has 0 radical (unpaired) electrons. The number of likely N-dealkylation sites (N-methyl/N-ethyl adjacent to an activating group) is 2. The molecule has 0 aromatic rings. The average molecular weight is 888 g/mol. The Balaban J connectivity index is 1.69. The molecule has 16 nitrogen and oxygen atoms in total. The van der Waals surface area contributed by atoms with Crippen molar-refractivity contribution in [3.05, 3.63) is 0 Å². The van der Waals surface area contributed by atoms with Crippen molar-refractivity contribution in [1.29, 1.82) is 0 Å². The van der Waals surface area contributed by atoms with E-state index in [9.17, 15) is 30.0 Å². The molecule has 362 valence electrons. The summed E-state index contributed by atoms with van der Waals surface area (Å²) in [6, 6.07) is -0.826. The molecule has 1 aliphatic carbocycles. The number of aliphatic hydroxyl groups excluding tert-OH is 2. The fourth-order valence-electron chi connectivity index (χ4n) is 10.3. The molecule has 4 aliphatic rings. The summed E-state index contributed by atoms with van der Waals surface area (Å²) in [6.45, 7) is 19.4. The Morgan fingerprint density at radius 1 is 0.984 bits per heavy atom. The molecule has 4 fully saturated rings. The molecule has 18 atom stereocenters. The zero-order chi connectivity index (χ0) is 46.5. The summed E-state index contributed by atoms with van der Waals surface area (Å²) >= 11 is 0. The summed E-state index contributed by atoms with van der Waals surface area (Å²) in [5, 5.41) is 50.8. The summed E-state index contributed by atoms with van der Waals surface area (Å²) in [7, 11) is 7.25. The number of methoxy groups -OCH3 is 1. The predicted molar refractivity (Wildman–Crippen MR) is 233 cm³/mol. The number of cyclic esters (lactones) is 1. The minimum Gasteiger partial charge on any atom is -0.459 e. The van der Waals surface area contributed by atoms with Crippen molar-refractivity contribution < 1.29 is 63.2 Å². The van der Waals surface area contributed by atoms with Crippen molar-refractivity contribution in [1.82, 2.24) is 15.1 Å². The van der Waals surface area contributed by atoms with E-state index in [1.54, 1.807) is 27.9 Å². The number of esters is 1. The normalized spacial score (nSPS) is 44.8. The Labute approximate surface area is 372 Å². The third-order valence-corrected chi connectivity index (χ3v) is 14.6. The van der Waals surface area contributed by atoms with Crippen LogP contribution in [0.1, 0.15) is 121 Å². The lowest BCUT2D eigenvalue weighted by molar-refractivity contribution is -0.320. The van der Waals surface area contributed by atoms with Gasteiger partial charge in [-0.2, -0.15) is 0 Å². The summed E-state index contributed by atoms with van der Waals surface area (Å²) in [6.07, 6.45) is -3.95. The van der Waals surface area contributed by atoms with Crippen LogP contribution in [0.4, 0.5) is 0 Å². The lowest BCUT2D eigenvalue weighted by Crippen LogP contribution is -2.61. The fraction of sp³-hybridized carbons (Fsp3) is 0.957. The molecule has 4 rings (SSSR count). The first-order chi connectivity index (χ1) is 28.9. The topological polar surface area (TPSA) is 198 Å². The number of carbonyl (C=O) groups is 2. The van der Waals surface area contributed by atoms with Crippen LogP contribution in [-0.4, -0.2) is 180 Å². The molecule has 3 saturated heterocycles. The number of carbonyl (C=O) groups excluding carboxylic acids is 2. The molecule has 1 amide bonds. The van der Waals surface area contributed by atoms with Gasteiger partial charge in [0.05, 0.1) is 41.5 Å². The first-order valence-corrected chi connectivity index (χ1v) is 23.3. The number of nitrogens with one attached hydrogen (secondary N) is 1. The number of hydrogen-bond acceptors (Lipinski definition) is 15. The van der Waals surface area contributed by atoms with Gasteiger partial charge in [0.2, 0.25) is 5.91 Å². The Hall–Kier alpha value is -1.54. The first kappa shape index (κ1) is 53.1. The molecule has 3 aliphatic heterocycles. The zero-order valence-corrected chi connectivity index (χ0v) is 40.4. The second-order valence-corrected chi connectivity index (χ2v) is 20.3. The Morgan fingerprint density at radius 3 is 2.23 bits per heavy atom. The Bertz CT molecular complexity index is 1420. The highest BCUT2D eigenvalue weighted by Crippen LogP contribution is 2.41. The molecule has 62 heavy (non-hydrogen) atoms. The SMILES string of the molecule is CC[C@H]1OC(=O)[C@H](C)[C@@H](O[C@H]2C[C@@](C)(OC)[C@@H](OCCCNC(=O)C3CCC3)[C@H](C)O2)[C@H](C)[C@@H](O[C@@H]2O[C@H](C)C[C@H](N(C)C)[C@H]2O)[C@](C)(O)C[C@@H](C)CN(C)[C@H](C)[C@@H](O)[C@]1(C)O. The van der Waals surface area contributed by atoms with Crippen molar-refractivity contribution in [2.75, 3.05) is 47.9 Å². The number of nitrogens with zero attached hydrogens (tertiary/aromatic N) is 2. The van der Waals surface area contributed by atoms with Crippen LogP contribution < -0.4 is 5.32 Å². The van der Waals surface area contributed by atoms with Gasteiger partial charge < -0.3 is 68.7 Å². The van der Waals surface area contributed by atoms with Crippen molar-refractivity contribution in [3.8, 4) is 0 Å². The van der Waals surface area contributed by atoms with Gasteiger partial charge in [-0.05, 0) is 114 Å². The van der Waals surface area contributed by atoms with Gasteiger partial charge >= 0.3 is 5.97 Å². The van der Waals surface area contributed by atoms with Gasteiger partial charge in [-0.25, -0.2) is 0 Å². The van der Waals surface area contributed by atoms with E-state index in [2.05, 4.69) is 5.32 Å². The second kappa shape index (κ2) is 22.3. The van der Waals surface area contributed by atoms with Gasteiger partial charge in [0.1, 0.15) is 30.0 Å². The van der Waals surface area contributed by atoms with E-state index in [0.29, 0.717) is 32.5 Å². The highest BCUT2D eigenvalue weighted by molar-refractivity contribution is 5.79. The number of amides is 1. The van der Waals surface area contributed by atoms with Crippen LogP contribution in [0, 0.1) is 23.7 Å². The average Bonchev–Trinajstić information content (AvgIpc) is 3.16. The Kier molecular flexibility index (Phi) is 19.1. The van der Waals surface area contributed by atoms with Crippen molar-refractivity contribution in [2.24, 2.45) is 23.7 Å². The maximum Gasteiger partial charge on any atom is 0.311 e. The van der Waals surface area contributed by atoms with Crippen LogP contribution in [-0.2, 0) is 42.7 Å². The summed E-state index contributed by atoms with van der Waals surface area (Å²) in [5.74, 6) is -2.38. The van der Waals surface area contributed by atoms with E-state index in [4.69, 9.17) is 33.2 Å². The molecular weight excluding hydrogens is 803 g/mol. The number of ether oxygens (including phenoxy) is 7. The van der Waals surface area contributed by atoms with Crippen LogP contribution in [0.15, 0.2) is 0 Å². The maximum atomic E-state index is 14.5. The zero-order valence-electron chi connectivity index (χ0n) is 40.4. The quantitative estimate of drug-likeness (QED) is 0.133. The number of rotatable bonds is 13. The monoisotopic (exact) mass is 888 g/mol. The third-order valence-electron chi connectivity index (χ3n) is 14.6. The van der Waals surface area contributed by atoms with Crippen molar-refractivity contribution in [2.45, 2.75) is 211 Å². The standard InChI is InChI=1S/C46H85N3O13/c1-15-34-46(10,55)38(51)30(6)49(13)25-26(2)23-44(8,54)39(62-43-36(50)33(48(11)12)22-27(3)58-43)28(4)37(29(5)42(53)60-34)61-35-24-45(9,56-14)40(31(7)59-35)57-21-17-20-47-41(52)32-18-16-19-32/h26-40,43,50-51,54-55H,15-25H2,1-14H3,(H,47,52)/t26-,27-,28+,29-,30-,31+,33+,34-,35+,36-,37+,38-,39-,40+,43+,44-,45-,46-/m1/s1. The van der Waals surface area contributed by atoms with Crippen LogP contribution in [0.2, 0.25) is 0 Å². The van der Waals surface area contributed by atoms with Crippen LogP contribution >= 0.6 is 0 Å². The minimum absolute atomic E-state index is 0.0989. The van der Waals surface area contributed by atoms with Gasteiger partial charge in [0.25, 0.3) is 0 Å². The molecule has 0 unspecified atom stereocenters. The van der Waals surface area contributed by atoms with Crippen molar-refractivity contribution in [3.63, 3.8) is 0 Å². The van der Waals surface area contributed by atoms with E-state index >= 15 is 0 Å². The van der Waals surface area contributed by atoms with Gasteiger partial charge in [-0.3, -0.25) is 9.59 Å². The summed E-state index contributed by atoms with van der Waals surface area (Å²) in [4.78, 5) is 30.7. The van der Waals surface area contributed by atoms with E-state index in [1.807, 2.05) is 72.5 Å². The maximum absolute atomic E-state index is 14.5. The van der Waals surface area contributed by atoms with E-state index in [-0.39, 0.29) is 49.2 Å². The fourth-order valence-corrected chi connectivity index (χ4v) is 10.3. The molecular formula is C46H85N3O13. The van der Waals surface area contributed by atoms with Crippen LogP contribution in [0.3, 0.4) is 0 Å². The third kappa shape index (κ3) is 12.7. The lowest BCUT2D eigenvalue weighted by atomic mass is 9.77. The molecule has 0 bridgehead atoms. The van der Waals surface area contributed by atoms with Crippen LogP contribution in [0.5, 0.6) is 0 Å². The molecule has 0 spiro atoms. The molecule has 5 N–H and O–H groups in total. The van der Waals surface area contributed by atoms with Gasteiger partial charge in [-0.1, -0.05) is 27.2 Å². The molecule has 1 saturated carbocycles. The van der Waals surface area contributed by atoms with E-state index in [0.717, 1.165) is 19.3 Å². The Morgan fingerprint density at radius 2 is 1.65 bits per heavy atom.